The van der Waals surface area contributed by atoms with Crippen molar-refractivity contribution in [2.75, 3.05) is 9.80 Å². The molecule has 0 unspecified atom stereocenters. The van der Waals surface area contributed by atoms with E-state index < -0.39 is 0 Å². The molecule has 9 aromatic carbocycles. The highest BCUT2D eigenvalue weighted by molar-refractivity contribution is 8.00. The Kier molecular flexibility index (Phi) is 6.32. The summed E-state index contributed by atoms with van der Waals surface area (Å²) in [5, 5.41) is 4.59. The number of furan rings is 2. The van der Waals surface area contributed by atoms with Gasteiger partial charge in [0.2, 0.25) is 0 Å². The monoisotopic (exact) mass is 814 g/mol. The van der Waals surface area contributed by atoms with E-state index in [1.54, 1.807) is 0 Å². The topological polar surface area (TPSA) is 32.8 Å². The quantitative estimate of drug-likeness (QED) is 0.173. The molecule has 4 nitrogen and oxygen atoms in total. The third-order valence-corrected chi connectivity index (χ3v) is 15.4. The van der Waals surface area contributed by atoms with Crippen LogP contribution in [-0.4, -0.2) is 0 Å². The molecule has 0 spiro atoms. The SMILES string of the molecule is c1ccc2c(c1)Sc1cc(-c3cccc4oc5ccccc5c34)cc3c1N2C1c2c-3cccc2-c2cc(-c3cccc4oc5ccccc5c34)cc3c2N1c1ccccc1S3. The number of fused-ring (bicyclic) bond motifs is 14. The van der Waals surface area contributed by atoms with E-state index in [0.717, 1.165) is 43.9 Å². The van der Waals surface area contributed by atoms with Gasteiger partial charge in [-0.05, 0) is 106 Å². The highest BCUT2D eigenvalue weighted by Crippen LogP contribution is 2.67. The van der Waals surface area contributed by atoms with Crippen LogP contribution in [0.25, 0.3) is 88.4 Å². The molecule has 6 heterocycles. The summed E-state index contributed by atoms with van der Waals surface area (Å²) in [6, 6.07) is 64.5. The van der Waals surface area contributed by atoms with E-state index in [2.05, 4.69) is 174 Å². The third-order valence-electron chi connectivity index (χ3n) is 13.2. The van der Waals surface area contributed by atoms with Crippen molar-refractivity contribution in [2.24, 2.45) is 0 Å². The summed E-state index contributed by atoms with van der Waals surface area (Å²) in [6.45, 7) is 0. The molecule has 4 aliphatic heterocycles. The fraction of sp³-hybridized carbons (Fsp3) is 0.0182. The van der Waals surface area contributed by atoms with Crippen molar-refractivity contribution in [3.05, 3.63) is 181 Å². The van der Waals surface area contributed by atoms with Crippen molar-refractivity contribution < 1.29 is 8.83 Å². The molecule has 11 aromatic rings. The van der Waals surface area contributed by atoms with Crippen LogP contribution in [0, 0.1) is 0 Å². The number of rotatable bonds is 2. The van der Waals surface area contributed by atoms with Gasteiger partial charge < -0.3 is 18.6 Å². The molecule has 0 fully saturated rings. The maximum absolute atomic E-state index is 6.42. The van der Waals surface area contributed by atoms with E-state index in [4.69, 9.17) is 8.83 Å². The molecular formula is C55H30N2O2S2. The number of anilines is 4. The van der Waals surface area contributed by atoms with Crippen molar-refractivity contribution in [2.45, 2.75) is 25.7 Å². The van der Waals surface area contributed by atoms with Crippen molar-refractivity contribution >= 4 is 90.2 Å². The van der Waals surface area contributed by atoms with Gasteiger partial charge in [-0.15, -0.1) is 0 Å². The van der Waals surface area contributed by atoms with Crippen molar-refractivity contribution in [1.82, 2.24) is 0 Å². The van der Waals surface area contributed by atoms with Gasteiger partial charge in [0.25, 0.3) is 0 Å². The summed E-state index contributed by atoms with van der Waals surface area (Å²) in [7, 11) is 0. The third kappa shape index (κ3) is 4.28. The van der Waals surface area contributed by atoms with Crippen LogP contribution in [0.15, 0.2) is 204 Å². The molecular weight excluding hydrogens is 785 g/mol. The zero-order valence-electron chi connectivity index (χ0n) is 32.3. The minimum atomic E-state index is -0.119. The van der Waals surface area contributed by atoms with Crippen LogP contribution in [0.1, 0.15) is 11.7 Å². The Balaban J connectivity index is 1.04. The Bertz CT molecular complexity index is 3530. The number of benzene rings is 9. The highest BCUT2D eigenvalue weighted by Gasteiger charge is 2.48. The second kappa shape index (κ2) is 11.8. The summed E-state index contributed by atoms with van der Waals surface area (Å²) in [4.78, 5) is 10.3. The minimum Gasteiger partial charge on any atom is -0.456 e. The van der Waals surface area contributed by atoms with Crippen LogP contribution in [0.5, 0.6) is 0 Å². The molecule has 61 heavy (non-hydrogen) atoms. The molecule has 6 heteroatoms. The average Bonchev–Trinajstić information content (AvgIpc) is 3.89. The average molecular weight is 815 g/mol. The molecule has 0 atom stereocenters. The van der Waals surface area contributed by atoms with Gasteiger partial charge in [-0.1, -0.05) is 127 Å². The van der Waals surface area contributed by atoms with Crippen LogP contribution in [0.2, 0.25) is 0 Å². The fourth-order valence-corrected chi connectivity index (χ4v) is 13.1. The van der Waals surface area contributed by atoms with E-state index >= 15 is 0 Å². The Morgan fingerprint density at radius 3 is 1.31 bits per heavy atom. The maximum atomic E-state index is 6.42. The number of hydrogen-bond acceptors (Lipinski definition) is 6. The molecule has 0 N–H and O–H groups in total. The predicted molar refractivity (Wildman–Crippen MR) is 251 cm³/mol. The lowest BCUT2D eigenvalue weighted by molar-refractivity contribution is 0.668. The van der Waals surface area contributed by atoms with Crippen LogP contribution < -0.4 is 9.80 Å². The first-order chi connectivity index (χ1) is 30.2. The van der Waals surface area contributed by atoms with Crippen LogP contribution in [0.3, 0.4) is 0 Å². The van der Waals surface area contributed by atoms with Gasteiger partial charge in [0.1, 0.15) is 28.5 Å². The van der Waals surface area contributed by atoms with E-state index in [9.17, 15) is 0 Å². The standard InChI is InChI=1S/C55H30N2O2S2/c1-5-20-42-36(12-1)50-32(14-10-22-44(50)58-42)30-26-38-34-16-9-17-35-39-27-31(33-15-11-23-45-51(33)37-13-2-6-21-43(37)59-45)29-49-54(39)57(41-19-4-8-25-47(41)61-49)55(52(34)35)56-40-18-3-7-24-46(40)60-48(28-30)53(38)56/h1-29,55H. The normalized spacial score (nSPS) is 14.3. The molecule has 4 aliphatic rings. The summed E-state index contributed by atoms with van der Waals surface area (Å²) >= 11 is 3.77. The first-order valence-electron chi connectivity index (χ1n) is 20.7. The summed E-state index contributed by atoms with van der Waals surface area (Å²) in [5.74, 6) is 0. The number of hydrogen-bond donors (Lipinski definition) is 0. The zero-order chi connectivity index (χ0) is 39.5. The lowest BCUT2D eigenvalue weighted by atomic mass is 9.80. The maximum Gasteiger partial charge on any atom is 0.138 e. The van der Waals surface area contributed by atoms with E-state index in [1.807, 2.05) is 35.7 Å². The van der Waals surface area contributed by atoms with Crippen molar-refractivity contribution in [3.8, 4) is 44.5 Å². The first kappa shape index (κ1) is 32.7. The Labute approximate surface area is 358 Å². The molecule has 0 saturated carbocycles. The smallest absolute Gasteiger partial charge is 0.138 e. The Morgan fingerprint density at radius 2 is 0.787 bits per heavy atom. The summed E-state index contributed by atoms with van der Waals surface area (Å²) < 4.78 is 12.8. The summed E-state index contributed by atoms with van der Waals surface area (Å²) in [6.07, 6.45) is -0.119. The molecule has 284 valence electrons. The Hall–Kier alpha value is -7.12. The molecule has 0 bridgehead atoms. The molecule has 2 aromatic heterocycles. The number of nitrogens with zero attached hydrogens (tertiary/aromatic N) is 2. The molecule has 0 saturated heterocycles. The molecule has 0 aliphatic carbocycles. The van der Waals surface area contributed by atoms with Gasteiger partial charge in [-0.3, -0.25) is 0 Å². The van der Waals surface area contributed by atoms with Crippen LogP contribution >= 0.6 is 23.5 Å². The predicted octanol–water partition coefficient (Wildman–Crippen LogP) is 16.4. The van der Waals surface area contributed by atoms with Gasteiger partial charge in [0.15, 0.2) is 0 Å². The molecule has 0 radical (unpaired) electrons. The lowest BCUT2D eigenvalue weighted by Gasteiger charge is -2.53. The largest absolute Gasteiger partial charge is 0.456 e. The van der Waals surface area contributed by atoms with E-state index in [0.29, 0.717) is 0 Å². The van der Waals surface area contributed by atoms with Gasteiger partial charge >= 0.3 is 0 Å². The second-order valence-corrected chi connectivity index (χ2v) is 18.5. The first-order valence-corrected chi connectivity index (χ1v) is 22.3. The zero-order valence-corrected chi connectivity index (χ0v) is 34.0. The van der Waals surface area contributed by atoms with Gasteiger partial charge in [0.05, 0.1) is 22.7 Å². The second-order valence-electron chi connectivity index (χ2n) is 16.3. The van der Waals surface area contributed by atoms with E-state index in [1.165, 1.54) is 92.4 Å². The minimum absolute atomic E-state index is 0.119. The lowest BCUT2D eigenvalue weighted by Crippen LogP contribution is -2.43. The molecule has 15 rings (SSSR count). The van der Waals surface area contributed by atoms with Crippen molar-refractivity contribution in [1.29, 1.82) is 0 Å². The highest BCUT2D eigenvalue weighted by atomic mass is 32.2. The van der Waals surface area contributed by atoms with Crippen LogP contribution in [-0.2, 0) is 0 Å². The fourth-order valence-electron chi connectivity index (χ4n) is 10.8. The number of para-hydroxylation sites is 4. The van der Waals surface area contributed by atoms with Crippen LogP contribution in [0.4, 0.5) is 22.7 Å². The van der Waals surface area contributed by atoms with E-state index in [-0.39, 0.29) is 6.17 Å². The van der Waals surface area contributed by atoms with Gasteiger partial charge in [0, 0.05) is 57.8 Å². The molecule has 0 amide bonds. The summed E-state index contributed by atoms with van der Waals surface area (Å²) in [5.41, 5.74) is 19.8. The Morgan fingerprint density at radius 1 is 0.361 bits per heavy atom. The van der Waals surface area contributed by atoms with Crippen molar-refractivity contribution in [3.63, 3.8) is 0 Å². The van der Waals surface area contributed by atoms with Gasteiger partial charge in [-0.25, -0.2) is 0 Å². The van der Waals surface area contributed by atoms with Gasteiger partial charge in [-0.2, -0.15) is 0 Å².